The molecule has 6 heteroatoms. The lowest BCUT2D eigenvalue weighted by molar-refractivity contribution is -0.141. The van der Waals surface area contributed by atoms with Crippen LogP contribution in [-0.2, 0) is 20.9 Å². The predicted molar refractivity (Wildman–Crippen MR) is 72.0 cm³/mol. The summed E-state index contributed by atoms with van der Waals surface area (Å²) in [5.41, 5.74) is 12.5. The Labute approximate surface area is 112 Å². The van der Waals surface area contributed by atoms with E-state index >= 15 is 0 Å². The number of nitrogens with two attached hydrogens (primary N) is 2. The molecule has 0 fully saturated rings. The van der Waals surface area contributed by atoms with Crippen LogP contribution in [0.2, 0.25) is 0 Å². The molecule has 1 amide bonds. The number of nitrogen functional groups attached to an aromatic ring is 1. The molecular formula is C13H19N3O3. The highest BCUT2D eigenvalue weighted by Gasteiger charge is 2.11. The van der Waals surface area contributed by atoms with Crippen LogP contribution < -0.4 is 11.5 Å². The van der Waals surface area contributed by atoms with Gasteiger partial charge >= 0.3 is 5.97 Å². The van der Waals surface area contributed by atoms with Crippen molar-refractivity contribution in [1.82, 2.24) is 4.90 Å². The molecular weight excluding hydrogens is 246 g/mol. The first-order valence-electron chi connectivity index (χ1n) is 5.93. The van der Waals surface area contributed by atoms with Gasteiger partial charge in [-0.15, -0.1) is 0 Å². The Morgan fingerprint density at radius 2 is 1.89 bits per heavy atom. The molecule has 0 aliphatic heterocycles. The molecule has 1 rings (SSSR count). The third kappa shape index (κ3) is 5.87. The lowest BCUT2D eigenvalue weighted by Gasteiger charge is -2.20. The third-order valence-corrected chi connectivity index (χ3v) is 2.63. The standard InChI is InChI=1S/C13H19N3O3/c1-19-13(18)6-7-16(9-12(15)17)8-10-2-4-11(14)5-3-10/h2-5H,6-9,14H2,1H3,(H2,15,17). The second-order valence-electron chi connectivity index (χ2n) is 4.24. The number of hydrogen-bond donors (Lipinski definition) is 2. The van der Waals surface area contributed by atoms with Crippen LogP contribution in [0.1, 0.15) is 12.0 Å². The van der Waals surface area contributed by atoms with Gasteiger partial charge in [0, 0.05) is 18.8 Å². The Bertz CT molecular complexity index is 431. The van der Waals surface area contributed by atoms with Gasteiger partial charge in [0.25, 0.3) is 0 Å². The monoisotopic (exact) mass is 265 g/mol. The van der Waals surface area contributed by atoms with E-state index in [0.717, 1.165) is 5.56 Å². The van der Waals surface area contributed by atoms with E-state index in [1.807, 2.05) is 12.1 Å². The molecule has 0 radical (unpaired) electrons. The predicted octanol–water partition coefficient (Wildman–Crippen LogP) is 0.119. The van der Waals surface area contributed by atoms with Gasteiger partial charge in [-0.3, -0.25) is 14.5 Å². The summed E-state index contributed by atoms with van der Waals surface area (Å²) in [6.45, 7) is 1.04. The summed E-state index contributed by atoms with van der Waals surface area (Å²) < 4.78 is 4.57. The van der Waals surface area contributed by atoms with Gasteiger partial charge in [-0.2, -0.15) is 0 Å². The minimum absolute atomic E-state index is 0.0986. The highest BCUT2D eigenvalue weighted by molar-refractivity contribution is 5.76. The van der Waals surface area contributed by atoms with Crippen molar-refractivity contribution in [2.24, 2.45) is 5.73 Å². The Hall–Kier alpha value is -2.08. The fourth-order valence-corrected chi connectivity index (χ4v) is 1.67. The average molecular weight is 265 g/mol. The molecule has 0 atom stereocenters. The van der Waals surface area contributed by atoms with E-state index in [-0.39, 0.29) is 18.9 Å². The lowest BCUT2D eigenvalue weighted by atomic mass is 10.2. The summed E-state index contributed by atoms with van der Waals surface area (Å²) in [6.07, 6.45) is 0.221. The number of methoxy groups -OCH3 is 1. The molecule has 104 valence electrons. The average Bonchev–Trinajstić information content (AvgIpc) is 2.37. The number of nitrogens with zero attached hydrogens (tertiary/aromatic N) is 1. The maximum atomic E-state index is 11.1. The van der Waals surface area contributed by atoms with Crippen molar-refractivity contribution in [1.29, 1.82) is 0 Å². The minimum atomic E-state index is -0.430. The fourth-order valence-electron chi connectivity index (χ4n) is 1.67. The van der Waals surface area contributed by atoms with Gasteiger partial charge in [-0.25, -0.2) is 0 Å². The second-order valence-corrected chi connectivity index (χ2v) is 4.24. The van der Waals surface area contributed by atoms with Crippen LogP contribution in [0.5, 0.6) is 0 Å². The second kappa shape index (κ2) is 7.38. The van der Waals surface area contributed by atoms with Crippen LogP contribution in [0.4, 0.5) is 5.69 Å². The zero-order valence-corrected chi connectivity index (χ0v) is 11.0. The van der Waals surface area contributed by atoms with Crippen molar-refractivity contribution in [3.63, 3.8) is 0 Å². The van der Waals surface area contributed by atoms with Crippen LogP contribution >= 0.6 is 0 Å². The SMILES string of the molecule is COC(=O)CCN(CC(N)=O)Cc1ccc(N)cc1. The fraction of sp³-hybridized carbons (Fsp3) is 0.385. The van der Waals surface area contributed by atoms with Gasteiger partial charge in [0.1, 0.15) is 0 Å². The first kappa shape index (κ1) is 15.0. The van der Waals surface area contributed by atoms with Crippen molar-refractivity contribution in [2.75, 3.05) is 25.9 Å². The zero-order chi connectivity index (χ0) is 14.3. The number of rotatable bonds is 7. The molecule has 6 nitrogen and oxygen atoms in total. The lowest BCUT2D eigenvalue weighted by Crippen LogP contribution is -2.35. The molecule has 0 heterocycles. The number of carbonyl (C=O) groups is 2. The largest absolute Gasteiger partial charge is 0.469 e. The van der Waals surface area contributed by atoms with E-state index in [2.05, 4.69) is 4.74 Å². The van der Waals surface area contributed by atoms with Gasteiger partial charge in [-0.05, 0) is 17.7 Å². The molecule has 0 saturated heterocycles. The topological polar surface area (TPSA) is 98.6 Å². The number of anilines is 1. The zero-order valence-electron chi connectivity index (χ0n) is 11.0. The summed E-state index contributed by atoms with van der Waals surface area (Å²) in [5.74, 6) is -0.743. The number of benzene rings is 1. The Morgan fingerprint density at radius 1 is 1.26 bits per heavy atom. The Morgan fingerprint density at radius 3 is 2.42 bits per heavy atom. The van der Waals surface area contributed by atoms with E-state index in [1.54, 1.807) is 17.0 Å². The van der Waals surface area contributed by atoms with Crippen LogP contribution in [0.25, 0.3) is 0 Å². The van der Waals surface area contributed by atoms with Crippen molar-refractivity contribution < 1.29 is 14.3 Å². The Kier molecular flexibility index (Phi) is 5.81. The number of esters is 1. The first-order valence-corrected chi connectivity index (χ1v) is 5.93. The van der Waals surface area contributed by atoms with Crippen LogP contribution in [0.3, 0.4) is 0 Å². The molecule has 19 heavy (non-hydrogen) atoms. The number of hydrogen-bond acceptors (Lipinski definition) is 5. The number of carbonyl (C=O) groups excluding carboxylic acids is 2. The first-order chi connectivity index (χ1) is 9.01. The highest BCUT2D eigenvalue weighted by Crippen LogP contribution is 2.09. The molecule has 0 bridgehead atoms. The summed E-state index contributed by atoms with van der Waals surface area (Å²) in [4.78, 5) is 23.9. The number of amides is 1. The highest BCUT2D eigenvalue weighted by atomic mass is 16.5. The van der Waals surface area contributed by atoms with Gasteiger partial charge < -0.3 is 16.2 Å². The summed E-state index contributed by atoms with van der Waals surface area (Å²) >= 11 is 0. The number of primary amides is 1. The number of ether oxygens (including phenoxy) is 1. The maximum Gasteiger partial charge on any atom is 0.306 e. The van der Waals surface area contributed by atoms with Crippen molar-refractivity contribution in [3.05, 3.63) is 29.8 Å². The van der Waals surface area contributed by atoms with Crippen molar-refractivity contribution in [2.45, 2.75) is 13.0 Å². The van der Waals surface area contributed by atoms with Crippen molar-refractivity contribution >= 4 is 17.6 Å². The minimum Gasteiger partial charge on any atom is -0.469 e. The normalized spacial score (nSPS) is 10.4. The van der Waals surface area contributed by atoms with Crippen LogP contribution in [0, 0.1) is 0 Å². The quantitative estimate of drug-likeness (QED) is 0.539. The molecule has 4 N–H and O–H groups in total. The van der Waals surface area contributed by atoms with Crippen molar-refractivity contribution in [3.8, 4) is 0 Å². The van der Waals surface area contributed by atoms with Gasteiger partial charge in [0.2, 0.25) is 5.91 Å². The summed E-state index contributed by atoms with van der Waals surface area (Å²) in [5, 5.41) is 0. The van der Waals surface area contributed by atoms with Gasteiger partial charge in [0.05, 0.1) is 20.1 Å². The van der Waals surface area contributed by atoms with Gasteiger partial charge in [0.15, 0.2) is 0 Å². The molecule has 0 saturated carbocycles. The molecule has 1 aromatic carbocycles. The molecule has 1 aromatic rings. The smallest absolute Gasteiger partial charge is 0.306 e. The van der Waals surface area contributed by atoms with Crippen LogP contribution in [0.15, 0.2) is 24.3 Å². The molecule has 0 aromatic heterocycles. The van der Waals surface area contributed by atoms with E-state index in [9.17, 15) is 9.59 Å². The molecule has 0 spiro atoms. The van der Waals surface area contributed by atoms with E-state index in [1.165, 1.54) is 7.11 Å². The third-order valence-electron chi connectivity index (χ3n) is 2.63. The Balaban J connectivity index is 2.60. The summed E-state index contributed by atoms with van der Waals surface area (Å²) in [6, 6.07) is 7.33. The molecule has 0 aliphatic rings. The molecule has 0 aliphatic carbocycles. The van der Waals surface area contributed by atoms with E-state index < -0.39 is 5.91 Å². The van der Waals surface area contributed by atoms with E-state index in [0.29, 0.717) is 18.8 Å². The maximum absolute atomic E-state index is 11.1. The van der Waals surface area contributed by atoms with Gasteiger partial charge in [-0.1, -0.05) is 12.1 Å². The summed E-state index contributed by atoms with van der Waals surface area (Å²) in [7, 11) is 1.33. The van der Waals surface area contributed by atoms with Crippen LogP contribution in [-0.4, -0.2) is 37.0 Å². The molecule has 0 unspecified atom stereocenters. The van der Waals surface area contributed by atoms with E-state index in [4.69, 9.17) is 11.5 Å².